The first-order valence-electron chi connectivity index (χ1n) is 5.02. The van der Waals surface area contributed by atoms with Crippen molar-refractivity contribution >= 4 is 6.09 Å². The average molecular weight is 189 g/mol. The fourth-order valence-electron chi connectivity index (χ4n) is 0.641. The second-order valence-electron chi connectivity index (χ2n) is 2.72. The maximum atomic E-state index is 10.8. The summed E-state index contributed by atoms with van der Waals surface area (Å²) in [5.41, 5.74) is 0. The van der Waals surface area contributed by atoms with Crippen molar-refractivity contribution in [2.45, 2.75) is 40.0 Å². The molecule has 3 nitrogen and oxygen atoms in total. The SMILES string of the molecule is CC.CCCCCOC(=O)N(C)C. The van der Waals surface area contributed by atoms with E-state index in [9.17, 15) is 4.79 Å². The average Bonchev–Trinajstić information content (AvgIpc) is 2.15. The lowest BCUT2D eigenvalue weighted by Gasteiger charge is -2.10. The molecule has 0 aliphatic rings. The van der Waals surface area contributed by atoms with Crippen LogP contribution in [0.15, 0.2) is 0 Å². The molecule has 0 heterocycles. The zero-order valence-corrected chi connectivity index (χ0v) is 9.59. The minimum Gasteiger partial charge on any atom is -0.449 e. The van der Waals surface area contributed by atoms with Gasteiger partial charge in [0.15, 0.2) is 0 Å². The number of amides is 1. The first-order chi connectivity index (χ1) is 6.18. The molecular weight excluding hydrogens is 166 g/mol. The third-order valence-electron chi connectivity index (χ3n) is 1.34. The van der Waals surface area contributed by atoms with E-state index in [1.165, 1.54) is 4.90 Å². The highest BCUT2D eigenvalue weighted by Gasteiger charge is 2.02. The van der Waals surface area contributed by atoms with Gasteiger partial charge >= 0.3 is 6.09 Å². The molecule has 1 amide bonds. The summed E-state index contributed by atoms with van der Waals surface area (Å²) in [5, 5.41) is 0. The molecule has 0 atom stereocenters. The molecule has 13 heavy (non-hydrogen) atoms. The molecule has 0 saturated heterocycles. The van der Waals surface area contributed by atoms with Gasteiger partial charge < -0.3 is 9.64 Å². The van der Waals surface area contributed by atoms with Crippen LogP contribution in [0.3, 0.4) is 0 Å². The molecule has 0 spiro atoms. The molecule has 0 fully saturated rings. The Balaban J connectivity index is 0. The lowest BCUT2D eigenvalue weighted by Crippen LogP contribution is -2.23. The minimum atomic E-state index is -0.249. The maximum Gasteiger partial charge on any atom is 0.409 e. The van der Waals surface area contributed by atoms with Gasteiger partial charge in [-0.15, -0.1) is 0 Å². The summed E-state index contributed by atoms with van der Waals surface area (Å²) < 4.78 is 4.89. The predicted octanol–water partition coefficient (Wildman–Crippen LogP) is 2.90. The predicted molar refractivity (Wildman–Crippen MR) is 55.9 cm³/mol. The van der Waals surface area contributed by atoms with E-state index < -0.39 is 0 Å². The van der Waals surface area contributed by atoms with E-state index in [0.29, 0.717) is 6.61 Å². The Hall–Kier alpha value is -0.730. The van der Waals surface area contributed by atoms with Crippen LogP contribution in [0.1, 0.15) is 40.0 Å². The molecule has 0 rings (SSSR count). The Morgan fingerprint density at radius 1 is 1.23 bits per heavy atom. The van der Waals surface area contributed by atoms with E-state index in [2.05, 4.69) is 6.92 Å². The summed E-state index contributed by atoms with van der Waals surface area (Å²) in [4.78, 5) is 12.2. The number of hydrogen-bond acceptors (Lipinski definition) is 2. The van der Waals surface area contributed by atoms with E-state index in [-0.39, 0.29) is 6.09 Å². The van der Waals surface area contributed by atoms with Crippen LogP contribution >= 0.6 is 0 Å². The van der Waals surface area contributed by atoms with Crippen molar-refractivity contribution in [1.82, 2.24) is 4.90 Å². The second kappa shape index (κ2) is 11.3. The van der Waals surface area contributed by atoms with Crippen LogP contribution in [0.25, 0.3) is 0 Å². The highest BCUT2D eigenvalue weighted by molar-refractivity contribution is 5.66. The van der Waals surface area contributed by atoms with E-state index in [4.69, 9.17) is 4.74 Å². The molecule has 0 N–H and O–H groups in total. The standard InChI is InChI=1S/C8H17NO2.C2H6/c1-4-5-6-7-11-8(10)9(2)3;1-2/h4-7H2,1-3H3;1-2H3. The summed E-state index contributed by atoms with van der Waals surface area (Å²) in [6.45, 7) is 6.67. The number of carbonyl (C=O) groups excluding carboxylic acids is 1. The molecule has 3 heteroatoms. The van der Waals surface area contributed by atoms with Crippen molar-refractivity contribution in [3.05, 3.63) is 0 Å². The zero-order chi connectivity index (χ0) is 10.7. The third kappa shape index (κ3) is 11.3. The molecule has 0 aromatic rings. The van der Waals surface area contributed by atoms with Gasteiger partial charge in [0.2, 0.25) is 0 Å². The number of hydrogen-bond donors (Lipinski definition) is 0. The van der Waals surface area contributed by atoms with Crippen molar-refractivity contribution in [3.8, 4) is 0 Å². The van der Waals surface area contributed by atoms with Crippen LogP contribution < -0.4 is 0 Å². The quantitative estimate of drug-likeness (QED) is 0.636. The molecular formula is C10H23NO2. The van der Waals surface area contributed by atoms with Gasteiger partial charge in [-0.05, 0) is 6.42 Å². The van der Waals surface area contributed by atoms with Crippen LogP contribution in [0, 0.1) is 0 Å². The van der Waals surface area contributed by atoms with Crippen molar-refractivity contribution in [2.24, 2.45) is 0 Å². The molecule has 0 aromatic heterocycles. The molecule has 0 radical (unpaired) electrons. The first kappa shape index (κ1) is 14.8. The maximum absolute atomic E-state index is 10.8. The summed E-state index contributed by atoms with van der Waals surface area (Å²) >= 11 is 0. The molecule has 80 valence electrons. The molecule has 0 bridgehead atoms. The molecule has 0 aliphatic heterocycles. The number of nitrogens with zero attached hydrogens (tertiary/aromatic N) is 1. The van der Waals surface area contributed by atoms with Gasteiger partial charge in [-0.1, -0.05) is 33.6 Å². The van der Waals surface area contributed by atoms with Gasteiger partial charge in [-0.2, -0.15) is 0 Å². The lowest BCUT2D eigenvalue weighted by atomic mass is 10.3. The van der Waals surface area contributed by atoms with Crippen LogP contribution in [-0.2, 0) is 4.74 Å². The Labute approximate surface area is 82.1 Å². The van der Waals surface area contributed by atoms with Crippen LogP contribution in [-0.4, -0.2) is 31.7 Å². The van der Waals surface area contributed by atoms with Crippen LogP contribution in [0.2, 0.25) is 0 Å². The fourth-order valence-corrected chi connectivity index (χ4v) is 0.641. The fraction of sp³-hybridized carbons (Fsp3) is 0.900. The molecule has 0 aromatic carbocycles. The Morgan fingerprint density at radius 2 is 1.77 bits per heavy atom. The Bertz CT molecular complexity index is 113. The largest absolute Gasteiger partial charge is 0.449 e. The topological polar surface area (TPSA) is 29.5 Å². The van der Waals surface area contributed by atoms with Gasteiger partial charge in [0.05, 0.1) is 6.61 Å². The number of unbranched alkanes of at least 4 members (excludes halogenated alkanes) is 2. The first-order valence-corrected chi connectivity index (χ1v) is 5.02. The van der Waals surface area contributed by atoms with Crippen LogP contribution in [0.5, 0.6) is 0 Å². The molecule has 0 unspecified atom stereocenters. The van der Waals surface area contributed by atoms with Crippen LogP contribution in [0.4, 0.5) is 4.79 Å². The molecule has 0 saturated carbocycles. The monoisotopic (exact) mass is 189 g/mol. The summed E-state index contributed by atoms with van der Waals surface area (Å²) in [6.07, 6.45) is 3.00. The van der Waals surface area contributed by atoms with E-state index in [0.717, 1.165) is 19.3 Å². The van der Waals surface area contributed by atoms with E-state index in [1.807, 2.05) is 13.8 Å². The summed E-state index contributed by atoms with van der Waals surface area (Å²) in [6, 6.07) is 0. The Kier molecular flexibility index (Phi) is 12.8. The number of ether oxygens (including phenoxy) is 1. The van der Waals surface area contributed by atoms with Gasteiger partial charge in [0, 0.05) is 14.1 Å². The normalized spacial score (nSPS) is 8.38. The summed E-state index contributed by atoms with van der Waals surface area (Å²) in [7, 11) is 3.37. The number of carbonyl (C=O) groups is 1. The van der Waals surface area contributed by atoms with E-state index in [1.54, 1.807) is 14.1 Å². The lowest BCUT2D eigenvalue weighted by molar-refractivity contribution is 0.116. The molecule has 0 aliphatic carbocycles. The Morgan fingerprint density at radius 3 is 2.15 bits per heavy atom. The van der Waals surface area contributed by atoms with Gasteiger partial charge in [-0.3, -0.25) is 0 Å². The minimum absolute atomic E-state index is 0.249. The second-order valence-corrected chi connectivity index (χ2v) is 2.72. The van der Waals surface area contributed by atoms with Crippen molar-refractivity contribution in [1.29, 1.82) is 0 Å². The van der Waals surface area contributed by atoms with Crippen molar-refractivity contribution in [2.75, 3.05) is 20.7 Å². The van der Waals surface area contributed by atoms with Crippen molar-refractivity contribution in [3.63, 3.8) is 0 Å². The van der Waals surface area contributed by atoms with Gasteiger partial charge in [0.1, 0.15) is 0 Å². The zero-order valence-electron chi connectivity index (χ0n) is 9.59. The highest BCUT2D eigenvalue weighted by atomic mass is 16.6. The van der Waals surface area contributed by atoms with E-state index >= 15 is 0 Å². The number of rotatable bonds is 4. The van der Waals surface area contributed by atoms with Crippen molar-refractivity contribution < 1.29 is 9.53 Å². The van der Waals surface area contributed by atoms with Gasteiger partial charge in [-0.25, -0.2) is 4.79 Å². The van der Waals surface area contributed by atoms with Gasteiger partial charge in [0.25, 0.3) is 0 Å². The smallest absolute Gasteiger partial charge is 0.409 e. The highest BCUT2D eigenvalue weighted by Crippen LogP contribution is 1.95. The third-order valence-corrected chi connectivity index (χ3v) is 1.34. The summed E-state index contributed by atoms with van der Waals surface area (Å²) in [5.74, 6) is 0.